The second-order valence-electron chi connectivity index (χ2n) is 6.21. The maximum absolute atomic E-state index is 14.4. The summed E-state index contributed by atoms with van der Waals surface area (Å²) in [5.41, 5.74) is 1.60. The zero-order valence-electron chi connectivity index (χ0n) is 13.5. The van der Waals surface area contributed by atoms with Gasteiger partial charge in [0.25, 0.3) is 0 Å². The van der Waals surface area contributed by atoms with Gasteiger partial charge >= 0.3 is 5.97 Å². The van der Waals surface area contributed by atoms with Gasteiger partial charge in [0.15, 0.2) is 5.79 Å². The minimum atomic E-state index is -1.02. The SMILES string of the molecule is CC1(C)OC[C@H](Cc2cnc(-c3ccc(C(=O)O)cc3)c(F)c2)O1. The van der Waals surface area contributed by atoms with Crippen LogP contribution in [0.4, 0.5) is 4.39 Å². The molecule has 0 saturated carbocycles. The molecule has 1 aliphatic rings. The number of aromatic carboxylic acids is 1. The summed E-state index contributed by atoms with van der Waals surface area (Å²) in [5.74, 6) is -2.08. The number of pyridine rings is 1. The van der Waals surface area contributed by atoms with Gasteiger partial charge in [0.2, 0.25) is 0 Å². The number of hydrogen-bond acceptors (Lipinski definition) is 4. The standard InChI is InChI=1S/C18H18FNO4/c1-18(2)23-10-14(24-18)7-11-8-15(19)16(20-9-11)12-3-5-13(6-4-12)17(21)22/h3-6,8-9,14H,7,10H2,1-2H3,(H,21,22)/t14-/m0/s1. The van der Waals surface area contributed by atoms with E-state index in [2.05, 4.69) is 4.98 Å². The molecule has 2 aromatic rings. The number of hydrogen-bond donors (Lipinski definition) is 1. The Hall–Kier alpha value is -2.31. The van der Waals surface area contributed by atoms with E-state index in [0.29, 0.717) is 18.6 Å². The van der Waals surface area contributed by atoms with Crippen molar-refractivity contribution in [3.05, 3.63) is 53.5 Å². The summed E-state index contributed by atoms with van der Waals surface area (Å²) in [6.45, 7) is 4.15. The monoisotopic (exact) mass is 331 g/mol. The van der Waals surface area contributed by atoms with E-state index < -0.39 is 17.6 Å². The smallest absolute Gasteiger partial charge is 0.335 e. The molecule has 1 saturated heterocycles. The van der Waals surface area contributed by atoms with Crippen LogP contribution in [0.1, 0.15) is 29.8 Å². The maximum Gasteiger partial charge on any atom is 0.335 e. The first kappa shape index (κ1) is 16.5. The molecule has 0 bridgehead atoms. The molecule has 6 heteroatoms. The van der Waals surface area contributed by atoms with E-state index in [-0.39, 0.29) is 17.4 Å². The number of ether oxygens (including phenoxy) is 2. The summed E-state index contributed by atoms with van der Waals surface area (Å²) in [5, 5.41) is 8.90. The molecule has 3 rings (SSSR count). The van der Waals surface area contributed by atoms with E-state index in [1.165, 1.54) is 18.2 Å². The lowest BCUT2D eigenvalue weighted by molar-refractivity contribution is -0.138. The maximum atomic E-state index is 14.4. The van der Waals surface area contributed by atoms with Gasteiger partial charge in [-0.1, -0.05) is 12.1 Å². The number of carbonyl (C=O) groups is 1. The van der Waals surface area contributed by atoms with E-state index in [9.17, 15) is 9.18 Å². The Labute approximate surface area is 139 Å². The molecule has 5 nitrogen and oxygen atoms in total. The van der Waals surface area contributed by atoms with Gasteiger partial charge in [-0.05, 0) is 37.6 Å². The Morgan fingerprint density at radius 3 is 2.62 bits per heavy atom. The van der Waals surface area contributed by atoms with Crippen LogP contribution in [0.2, 0.25) is 0 Å². The van der Waals surface area contributed by atoms with Gasteiger partial charge in [-0.2, -0.15) is 0 Å². The molecule has 0 amide bonds. The lowest BCUT2D eigenvalue weighted by Gasteiger charge is -2.17. The first-order valence-electron chi connectivity index (χ1n) is 7.64. The topological polar surface area (TPSA) is 68.7 Å². The molecule has 0 spiro atoms. The molecule has 0 unspecified atom stereocenters. The third-order valence-corrected chi connectivity index (χ3v) is 3.83. The Morgan fingerprint density at radius 2 is 2.08 bits per heavy atom. The molecule has 0 aliphatic carbocycles. The average molecular weight is 331 g/mol. The van der Waals surface area contributed by atoms with Gasteiger partial charge in [0.05, 0.1) is 18.3 Å². The largest absolute Gasteiger partial charge is 0.478 e. The van der Waals surface area contributed by atoms with Crippen molar-refractivity contribution in [3.8, 4) is 11.3 Å². The number of nitrogens with zero attached hydrogens (tertiary/aromatic N) is 1. The van der Waals surface area contributed by atoms with Crippen molar-refractivity contribution >= 4 is 5.97 Å². The highest BCUT2D eigenvalue weighted by atomic mass is 19.1. The van der Waals surface area contributed by atoms with Gasteiger partial charge in [-0.25, -0.2) is 9.18 Å². The number of carboxylic acid groups (broad SMARTS) is 1. The minimum absolute atomic E-state index is 0.123. The molecule has 1 aliphatic heterocycles. The van der Waals surface area contributed by atoms with Crippen molar-refractivity contribution in [2.24, 2.45) is 0 Å². The fourth-order valence-corrected chi connectivity index (χ4v) is 2.70. The lowest BCUT2D eigenvalue weighted by atomic mass is 10.1. The van der Waals surface area contributed by atoms with Crippen molar-refractivity contribution in [2.45, 2.75) is 32.2 Å². The first-order valence-corrected chi connectivity index (χ1v) is 7.64. The fourth-order valence-electron chi connectivity index (χ4n) is 2.70. The summed E-state index contributed by atoms with van der Waals surface area (Å²) in [6.07, 6.45) is 2.01. The van der Waals surface area contributed by atoms with E-state index in [1.807, 2.05) is 13.8 Å². The molecular weight excluding hydrogens is 313 g/mol. The van der Waals surface area contributed by atoms with Crippen LogP contribution in [0.15, 0.2) is 36.5 Å². The van der Waals surface area contributed by atoms with Crippen molar-refractivity contribution in [2.75, 3.05) is 6.61 Å². The summed E-state index contributed by atoms with van der Waals surface area (Å²) >= 11 is 0. The van der Waals surface area contributed by atoms with Crippen LogP contribution >= 0.6 is 0 Å². The van der Waals surface area contributed by atoms with E-state index in [0.717, 1.165) is 5.56 Å². The van der Waals surface area contributed by atoms with Gasteiger partial charge in [-0.15, -0.1) is 0 Å². The molecule has 1 atom stereocenters. The number of aromatic nitrogens is 1. The van der Waals surface area contributed by atoms with Gasteiger partial charge in [0, 0.05) is 18.2 Å². The minimum Gasteiger partial charge on any atom is -0.478 e. The first-order chi connectivity index (χ1) is 11.3. The van der Waals surface area contributed by atoms with Gasteiger partial charge < -0.3 is 14.6 Å². The second-order valence-corrected chi connectivity index (χ2v) is 6.21. The normalized spacial score (nSPS) is 19.4. The molecule has 0 radical (unpaired) electrons. The number of halogens is 1. The summed E-state index contributed by atoms with van der Waals surface area (Å²) < 4.78 is 25.6. The third kappa shape index (κ3) is 3.60. The van der Waals surface area contributed by atoms with Crippen molar-refractivity contribution in [1.29, 1.82) is 0 Å². The molecule has 126 valence electrons. The highest BCUT2D eigenvalue weighted by molar-refractivity contribution is 5.88. The number of carboxylic acids is 1. The fraction of sp³-hybridized carbons (Fsp3) is 0.333. The van der Waals surface area contributed by atoms with E-state index in [1.54, 1.807) is 18.3 Å². The van der Waals surface area contributed by atoms with Gasteiger partial charge in [0.1, 0.15) is 11.5 Å². The van der Waals surface area contributed by atoms with Crippen LogP contribution in [-0.2, 0) is 15.9 Å². The predicted octanol–water partition coefficient (Wildman–Crippen LogP) is 3.28. The molecule has 24 heavy (non-hydrogen) atoms. The highest BCUT2D eigenvalue weighted by Gasteiger charge is 2.32. The second kappa shape index (κ2) is 6.30. The van der Waals surface area contributed by atoms with Crippen molar-refractivity contribution in [1.82, 2.24) is 4.98 Å². The van der Waals surface area contributed by atoms with Crippen molar-refractivity contribution < 1.29 is 23.8 Å². The Bertz CT molecular complexity index is 758. The molecule has 1 N–H and O–H groups in total. The molecule has 1 aromatic carbocycles. The Kier molecular flexibility index (Phi) is 4.34. The quantitative estimate of drug-likeness (QED) is 0.931. The highest BCUT2D eigenvalue weighted by Crippen LogP contribution is 2.26. The van der Waals surface area contributed by atoms with Crippen molar-refractivity contribution in [3.63, 3.8) is 0 Å². The van der Waals surface area contributed by atoms with Crippen LogP contribution in [0.5, 0.6) is 0 Å². The Balaban J connectivity index is 1.76. The zero-order valence-corrected chi connectivity index (χ0v) is 13.5. The third-order valence-electron chi connectivity index (χ3n) is 3.83. The number of benzene rings is 1. The lowest BCUT2D eigenvalue weighted by Crippen LogP contribution is -2.22. The van der Waals surface area contributed by atoms with Crippen LogP contribution < -0.4 is 0 Å². The molecular formula is C18H18FNO4. The van der Waals surface area contributed by atoms with E-state index >= 15 is 0 Å². The van der Waals surface area contributed by atoms with Crippen LogP contribution in [0.3, 0.4) is 0 Å². The molecule has 1 aromatic heterocycles. The van der Waals surface area contributed by atoms with E-state index in [4.69, 9.17) is 14.6 Å². The Morgan fingerprint density at radius 1 is 1.38 bits per heavy atom. The van der Waals surface area contributed by atoms with Crippen LogP contribution in [0, 0.1) is 5.82 Å². The molecule has 2 heterocycles. The summed E-state index contributed by atoms with van der Waals surface area (Å²) in [4.78, 5) is 15.0. The predicted molar refractivity (Wildman–Crippen MR) is 85.2 cm³/mol. The van der Waals surface area contributed by atoms with Crippen LogP contribution in [-0.4, -0.2) is 34.6 Å². The summed E-state index contributed by atoms with van der Waals surface area (Å²) in [6, 6.07) is 7.38. The van der Waals surface area contributed by atoms with Gasteiger partial charge in [-0.3, -0.25) is 4.98 Å². The number of rotatable bonds is 4. The summed E-state index contributed by atoms with van der Waals surface area (Å²) in [7, 11) is 0. The molecule has 1 fully saturated rings. The average Bonchev–Trinajstić information content (AvgIpc) is 2.86. The zero-order chi connectivity index (χ0) is 17.3. The van der Waals surface area contributed by atoms with Crippen LogP contribution in [0.25, 0.3) is 11.3 Å².